The summed E-state index contributed by atoms with van der Waals surface area (Å²) in [5.74, 6) is -0.253. The van der Waals surface area contributed by atoms with E-state index in [9.17, 15) is 4.79 Å². The minimum Gasteiger partial charge on any atom is -0.478 e. The van der Waals surface area contributed by atoms with E-state index in [4.69, 9.17) is 5.11 Å². The van der Waals surface area contributed by atoms with Crippen LogP contribution in [0.3, 0.4) is 0 Å². The molecule has 0 atom stereocenters. The lowest BCUT2D eigenvalue weighted by Gasteiger charge is -2.08. The summed E-state index contributed by atoms with van der Waals surface area (Å²) in [5.41, 5.74) is 1.73. The van der Waals surface area contributed by atoms with E-state index in [1.165, 1.54) is 6.20 Å². The number of nitrogens with one attached hydrogen (secondary N) is 1. The van der Waals surface area contributed by atoms with Gasteiger partial charge in [-0.15, -0.1) is 0 Å². The number of benzene rings is 1. The van der Waals surface area contributed by atoms with Crippen molar-refractivity contribution in [2.45, 2.75) is 18.8 Å². The summed E-state index contributed by atoms with van der Waals surface area (Å²) in [4.78, 5) is 19.5. The van der Waals surface area contributed by atoms with Crippen molar-refractivity contribution in [3.8, 4) is 0 Å². The van der Waals surface area contributed by atoms with Crippen LogP contribution in [0.2, 0.25) is 0 Å². The van der Waals surface area contributed by atoms with E-state index in [2.05, 4.69) is 15.3 Å². The predicted molar refractivity (Wildman–Crippen MR) is 70.7 cm³/mol. The van der Waals surface area contributed by atoms with Crippen molar-refractivity contribution in [3.63, 3.8) is 0 Å². The van der Waals surface area contributed by atoms with Gasteiger partial charge in [-0.3, -0.25) is 0 Å². The van der Waals surface area contributed by atoms with Gasteiger partial charge >= 0.3 is 5.97 Å². The summed E-state index contributed by atoms with van der Waals surface area (Å²) in [6.07, 6.45) is 3.39. The highest BCUT2D eigenvalue weighted by Gasteiger charge is 2.30. The molecule has 1 aliphatic carbocycles. The summed E-state index contributed by atoms with van der Waals surface area (Å²) < 4.78 is 0. The molecule has 0 aliphatic heterocycles. The van der Waals surface area contributed by atoms with Gasteiger partial charge in [0.15, 0.2) is 0 Å². The van der Waals surface area contributed by atoms with Crippen molar-refractivity contribution in [1.29, 1.82) is 0 Å². The highest BCUT2D eigenvalue weighted by Crippen LogP contribution is 2.40. The van der Waals surface area contributed by atoms with E-state index in [1.54, 1.807) is 0 Å². The SMILES string of the molecule is O=C(O)c1cnc(Nc2ccccc2)nc1C1CC1. The minimum atomic E-state index is -0.965. The van der Waals surface area contributed by atoms with Crippen LogP contribution in [0.25, 0.3) is 0 Å². The normalized spacial score (nSPS) is 14.1. The zero-order valence-corrected chi connectivity index (χ0v) is 10.2. The van der Waals surface area contributed by atoms with Crippen LogP contribution in [0.1, 0.15) is 34.8 Å². The monoisotopic (exact) mass is 255 g/mol. The van der Waals surface area contributed by atoms with Crippen molar-refractivity contribution in [2.24, 2.45) is 0 Å². The zero-order chi connectivity index (χ0) is 13.2. The van der Waals surface area contributed by atoms with Crippen molar-refractivity contribution in [3.05, 3.63) is 47.8 Å². The van der Waals surface area contributed by atoms with Gasteiger partial charge < -0.3 is 10.4 Å². The van der Waals surface area contributed by atoms with Gasteiger partial charge in [-0.2, -0.15) is 0 Å². The van der Waals surface area contributed by atoms with Crippen molar-refractivity contribution in [1.82, 2.24) is 9.97 Å². The quantitative estimate of drug-likeness (QED) is 0.878. The maximum atomic E-state index is 11.1. The fourth-order valence-electron chi connectivity index (χ4n) is 1.94. The Kier molecular flexibility index (Phi) is 2.87. The first kappa shape index (κ1) is 11.6. The van der Waals surface area contributed by atoms with E-state index in [0.29, 0.717) is 11.6 Å². The van der Waals surface area contributed by atoms with Gasteiger partial charge in [0.05, 0.1) is 11.3 Å². The number of carboxylic acid groups (broad SMARTS) is 1. The molecule has 1 saturated carbocycles. The van der Waals surface area contributed by atoms with Crippen molar-refractivity contribution < 1.29 is 9.90 Å². The fourth-order valence-corrected chi connectivity index (χ4v) is 1.94. The maximum absolute atomic E-state index is 11.1. The van der Waals surface area contributed by atoms with Crippen LogP contribution in [0.5, 0.6) is 0 Å². The molecule has 1 heterocycles. The van der Waals surface area contributed by atoms with E-state index in [0.717, 1.165) is 18.5 Å². The molecule has 0 spiro atoms. The van der Waals surface area contributed by atoms with Crippen molar-refractivity contribution in [2.75, 3.05) is 5.32 Å². The maximum Gasteiger partial charge on any atom is 0.339 e. The number of para-hydroxylation sites is 1. The summed E-state index contributed by atoms with van der Waals surface area (Å²) in [6, 6.07) is 9.57. The summed E-state index contributed by atoms with van der Waals surface area (Å²) in [6.45, 7) is 0. The topological polar surface area (TPSA) is 75.1 Å². The van der Waals surface area contributed by atoms with Gasteiger partial charge in [-0.1, -0.05) is 18.2 Å². The number of carbonyl (C=O) groups is 1. The lowest BCUT2D eigenvalue weighted by Crippen LogP contribution is -2.08. The van der Waals surface area contributed by atoms with Crippen LogP contribution in [-0.4, -0.2) is 21.0 Å². The Balaban J connectivity index is 1.91. The fraction of sp³-hybridized carbons (Fsp3) is 0.214. The molecule has 0 unspecified atom stereocenters. The molecule has 2 aromatic rings. The first-order valence-corrected chi connectivity index (χ1v) is 6.16. The first-order valence-electron chi connectivity index (χ1n) is 6.16. The Labute approximate surface area is 110 Å². The first-order chi connectivity index (χ1) is 9.24. The number of hydrogen-bond donors (Lipinski definition) is 2. The number of carboxylic acids is 1. The van der Waals surface area contributed by atoms with Crippen LogP contribution in [0, 0.1) is 0 Å². The van der Waals surface area contributed by atoms with E-state index >= 15 is 0 Å². The molecule has 2 N–H and O–H groups in total. The third-order valence-corrected chi connectivity index (χ3v) is 3.04. The van der Waals surface area contributed by atoms with Gasteiger partial charge in [-0.25, -0.2) is 14.8 Å². The Morgan fingerprint density at radius 1 is 1.26 bits per heavy atom. The molecule has 0 saturated heterocycles. The third kappa shape index (κ3) is 2.54. The molecule has 96 valence electrons. The number of aromatic carboxylic acids is 1. The second-order valence-electron chi connectivity index (χ2n) is 4.56. The number of anilines is 2. The highest BCUT2D eigenvalue weighted by molar-refractivity contribution is 5.89. The molecule has 1 aliphatic rings. The molecule has 0 amide bonds. The Bertz CT molecular complexity index is 609. The number of nitrogens with zero attached hydrogens (tertiary/aromatic N) is 2. The van der Waals surface area contributed by atoms with E-state index < -0.39 is 5.97 Å². The molecule has 3 rings (SSSR count). The van der Waals surface area contributed by atoms with Crippen LogP contribution < -0.4 is 5.32 Å². The second kappa shape index (κ2) is 4.68. The molecule has 5 nitrogen and oxygen atoms in total. The molecule has 1 fully saturated rings. The van der Waals surface area contributed by atoms with Gasteiger partial charge in [0.25, 0.3) is 0 Å². The van der Waals surface area contributed by atoms with Crippen LogP contribution in [0.15, 0.2) is 36.5 Å². The Morgan fingerprint density at radius 3 is 2.63 bits per heavy atom. The summed E-state index contributed by atoms with van der Waals surface area (Å²) in [7, 11) is 0. The predicted octanol–water partition coefficient (Wildman–Crippen LogP) is 2.80. The average Bonchev–Trinajstić information content (AvgIpc) is 3.24. The van der Waals surface area contributed by atoms with E-state index in [1.807, 2.05) is 30.3 Å². The summed E-state index contributed by atoms with van der Waals surface area (Å²) >= 11 is 0. The van der Waals surface area contributed by atoms with Crippen LogP contribution in [-0.2, 0) is 0 Å². The zero-order valence-electron chi connectivity index (χ0n) is 10.2. The standard InChI is InChI=1S/C14H13N3O2/c18-13(19)11-8-15-14(17-12(11)9-6-7-9)16-10-4-2-1-3-5-10/h1-5,8-9H,6-7H2,(H,18,19)(H,15,16,17). The van der Waals surface area contributed by atoms with E-state index in [-0.39, 0.29) is 11.5 Å². The molecule has 19 heavy (non-hydrogen) atoms. The van der Waals surface area contributed by atoms with Crippen LogP contribution in [0.4, 0.5) is 11.6 Å². The Hall–Kier alpha value is -2.43. The lowest BCUT2D eigenvalue weighted by atomic mass is 10.1. The average molecular weight is 255 g/mol. The third-order valence-electron chi connectivity index (χ3n) is 3.04. The largest absolute Gasteiger partial charge is 0.478 e. The summed E-state index contributed by atoms with van der Waals surface area (Å²) in [5, 5.41) is 12.2. The van der Waals surface area contributed by atoms with Gasteiger partial charge in [-0.05, 0) is 25.0 Å². The molecule has 1 aromatic heterocycles. The number of hydrogen-bond acceptors (Lipinski definition) is 4. The minimum absolute atomic E-state index is 0.209. The molecular formula is C14H13N3O2. The number of aromatic nitrogens is 2. The molecule has 0 bridgehead atoms. The van der Waals surface area contributed by atoms with Gasteiger partial charge in [0, 0.05) is 17.8 Å². The van der Waals surface area contributed by atoms with Gasteiger partial charge in [0.2, 0.25) is 5.95 Å². The number of rotatable bonds is 4. The smallest absolute Gasteiger partial charge is 0.339 e. The second-order valence-corrected chi connectivity index (χ2v) is 4.56. The van der Waals surface area contributed by atoms with Gasteiger partial charge in [0.1, 0.15) is 0 Å². The highest BCUT2D eigenvalue weighted by atomic mass is 16.4. The lowest BCUT2D eigenvalue weighted by molar-refractivity contribution is 0.0694. The van der Waals surface area contributed by atoms with Crippen LogP contribution >= 0.6 is 0 Å². The van der Waals surface area contributed by atoms with Crippen molar-refractivity contribution >= 4 is 17.6 Å². The molecule has 5 heteroatoms. The molecule has 1 aromatic carbocycles. The Morgan fingerprint density at radius 2 is 2.00 bits per heavy atom. The molecular weight excluding hydrogens is 242 g/mol. The molecule has 0 radical (unpaired) electrons.